The normalized spacial score (nSPS) is 33.9. The van der Waals surface area contributed by atoms with E-state index in [-0.39, 0.29) is 6.10 Å². The number of halogens is 1. The van der Waals surface area contributed by atoms with Gasteiger partial charge in [-0.15, -0.1) is 11.3 Å². The zero-order chi connectivity index (χ0) is 9.42. The molecule has 1 N–H and O–H groups in total. The molecule has 1 nitrogen and oxygen atoms in total. The highest BCUT2D eigenvalue weighted by molar-refractivity contribution is 7.16. The van der Waals surface area contributed by atoms with Gasteiger partial charge in [-0.05, 0) is 36.8 Å². The number of aliphatic hydroxyl groups is 1. The molecule has 1 aliphatic carbocycles. The molecule has 72 valence electrons. The van der Waals surface area contributed by atoms with Crippen LogP contribution in [0, 0.1) is 5.92 Å². The largest absolute Gasteiger partial charge is 0.393 e. The predicted octanol–water partition coefficient (Wildman–Crippen LogP) is 3.28. The van der Waals surface area contributed by atoms with Crippen LogP contribution in [0.2, 0.25) is 4.34 Å². The predicted molar refractivity (Wildman–Crippen MR) is 56.5 cm³/mol. The quantitative estimate of drug-likeness (QED) is 0.764. The first-order valence-electron chi connectivity index (χ1n) is 4.62. The van der Waals surface area contributed by atoms with Crippen LogP contribution in [0.1, 0.15) is 30.6 Å². The molecule has 1 aromatic rings. The molecule has 3 atom stereocenters. The van der Waals surface area contributed by atoms with Gasteiger partial charge in [-0.1, -0.05) is 18.5 Å². The van der Waals surface area contributed by atoms with E-state index in [1.165, 1.54) is 4.88 Å². The third kappa shape index (κ3) is 1.76. The molecule has 0 bridgehead atoms. The Bertz CT molecular complexity index is 297. The first-order chi connectivity index (χ1) is 6.18. The van der Waals surface area contributed by atoms with Crippen molar-refractivity contribution in [2.75, 3.05) is 0 Å². The van der Waals surface area contributed by atoms with Crippen LogP contribution in [0.3, 0.4) is 0 Å². The van der Waals surface area contributed by atoms with Crippen LogP contribution in [-0.2, 0) is 0 Å². The molecule has 1 aromatic heterocycles. The SMILES string of the molecule is CC1C(O)CCC1c1ccc(Cl)s1. The average Bonchev–Trinajstić information content (AvgIpc) is 2.62. The number of aliphatic hydroxyl groups excluding tert-OH is 1. The van der Waals surface area contributed by atoms with Crippen molar-refractivity contribution in [3.05, 3.63) is 21.3 Å². The monoisotopic (exact) mass is 216 g/mol. The number of hydrogen-bond donors (Lipinski definition) is 1. The van der Waals surface area contributed by atoms with Crippen molar-refractivity contribution in [3.63, 3.8) is 0 Å². The second kappa shape index (κ2) is 3.60. The lowest BCUT2D eigenvalue weighted by atomic mass is 9.95. The molecule has 13 heavy (non-hydrogen) atoms. The molecular weight excluding hydrogens is 204 g/mol. The van der Waals surface area contributed by atoms with Gasteiger partial charge in [0.15, 0.2) is 0 Å². The number of hydrogen-bond acceptors (Lipinski definition) is 2. The molecule has 0 aliphatic heterocycles. The van der Waals surface area contributed by atoms with Gasteiger partial charge in [-0.25, -0.2) is 0 Å². The molecule has 1 aliphatic rings. The van der Waals surface area contributed by atoms with E-state index in [1.807, 2.05) is 6.07 Å². The molecule has 0 radical (unpaired) electrons. The van der Waals surface area contributed by atoms with Crippen LogP contribution in [0.15, 0.2) is 12.1 Å². The van der Waals surface area contributed by atoms with Crippen molar-refractivity contribution in [2.45, 2.75) is 31.8 Å². The molecule has 2 rings (SSSR count). The summed E-state index contributed by atoms with van der Waals surface area (Å²) in [6.07, 6.45) is 1.91. The van der Waals surface area contributed by atoms with E-state index < -0.39 is 0 Å². The summed E-state index contributed by atoms with van der Waals surface area (Å²) in [5.41, 5.74) is 0. The maximum atomic E-state index is 9.61. The molecule has 3 heteroatoms. The van der Waals surface area contributed by atoms with Crippen LogP contribution in [0.4, 0.5) is 0 Å². The zero-order valence-corrected chi connectivity index (χ0v) is 9.11. The summed E-state index contributed by atoms with van der Waals surface area (Å²) in [4.78, 5) is 1.33. The summed E-state index contributed by atoms with van der Waals surface area (Å²) in [6.45, 7) is 2.12. The molecular formula is C10H13ClOS. The highest BCUT2D eigenvalue weighted by Crippen LogP contribution is 2.42. The topological polar surface area (TPSA) is 20.2 Å². The lowest BCUT2D eigenvalue weighted by molar-refractivity contribution is 0.137. The van der Waals surface area contributed by atoms with Crippen LogP contribution in [-0.4, -0.2) is 11.2 Å². The smallest absolute Gasteiger partial charge is 0.0931 e. The van der Waals surface area contributed by atoms with E-state index in [2.05, 4.69) is 13.0 Å². The average molecular weight is 217 g/mol. The summed E-state index contributed by atoms with van der Waals surface area (Å²) in [7, 11) is 0. The van der Waals surface area contributed by atoms with Gasteiger partial charge < -0.3 is 5.11 Å². The minimum absolute atomic E-state index is 0.120. The second-order valence-corrected chi connectivity index (χ2v) is 5.50. The second-order valence-electron chi connectivity index (χ2n) is 3.75. The molecule has 0 saturated heterocycles. The first-order valence-corrected chi connectivity index (χ1v) is 5.81. The van der Waals surface area contributed by atoms with Crippen LogP contribution in [0.25, 0.3) is 0 Å². The third-order valence-electron chi connectivity index (χ3n) is 2.97. The molecule has 1 fully saturated rings. The van der Waals surface area contributed by atoms with E-state index >= 15 is 0 Å². The van der Waals surface area contributed by atoms with Gasteiger partial charge >= 0.3 is 0 Å². The van der Waals surface area contributed by atoms with Gasteiger partial charge in [0, 0.05) is 4.88 Å². The van der Waals surface area contributed by atoms with Gasteiger partial charge in [-0.3, -0.25) is 0 Å². The fraction of sp³-hybridized carbons (Fsp3) is 0.600. The van der Waals surface area contributed by atoms with E-state index in [0.29, 0.717) is 11.8 Å². The Morgan fingerprint density at radius 1 is 1.46 bits per heavy atom. The fourth-order valence-corrected chi connectivity index (χ4v) is 3.38. The standard InChI is InChI=1S/C10H13ClOS/c1-6-7(2-3-8(6)12)9-4-5-10(11)13-9/h4-8,12H,2-3H2,1H3. The summed E-state index contributed by atoms with van der Waals surface area (Å²) in [5.74, 6) is 0.905. The lowest BCUT2D eigenvalue weighted by Crippen LogP contribution is -2.13. The summed E-state index contributed by atoms with van der Waals surface area (Å²) in [5, 5.41) is 9.61. The van der Waals surface area contributed by atoms with E-state index in [0.717, 1.165) is 17.2 Å². The van der Waals surface area contributed by atoms with Gasteiger partial charge in [0.2, 0.25) is 0 Å². The first kappa shape index (κ1) is 9.50. The Kier molecular flexibility index (Phi) is 2.63. The zero-order valence-electron chi connectivity index (χ0n) is 7.53. The minimum atomic E-state index is -0.120. The maximum absolute atomic E-state index is 9.61. The fourth-order valence-electron chi connectivity index (χ4n) is 2.07. The molecule has 3 unspecified atom stereocenters. The Balaban J connectivity index is 2.18. The van der Waals surface area contributed by atoms with E-state index in [4.69, 9.17) is 11.6 Å². The molecule has 0 spiro atoms. The van der Waals surface area contributed by atoms with Crippen molar-refractivity contribution in [1.29, 1.82) is 0 Å². The van der Waals surface area contributed by atoms with Gasteiger partial charge in [0.05, 0.1) is 10.4 Å². The van der Waals surface area contributed by atoms with Crippen molar-refractivity contribution >= 4 is 22.9 Å². The summed E-state index contributed by atoms with van der Waals surface area (Å²) < 4.78 is 0.851. The highest BCUT2D eigenvalue weighted by atomic mass is 35.5. The van der Waals surface area contributed by atoms with Gasteiger partial charge in [0.25, 0.3) is 0 Å². The molecule has 0 aromatic carbocycles. The Morgan fingerprint density at radius 3 is 2.69 bits per heavy atom. The summed E-state index contributed by atoms with van der Waals surface area (Å²) >= 11 is 7.52. The van der Waals surface area contributed by atoms with Crippen molar-refractivity contribution in [2.24, 2.45) is 5.92 Å². The highest BCUT2D eigenvalue weighted by Gasteiger charge is 2.32. The third-order valence-corrected chi connectivity index (χ3v) is 4.34. The Hall–Kier alpha value is -0.0500. The Morgan fingerprint density at radius 2 is 2.23 bits per heavy atom. The maximum Gasteiger partial charge on any atom is 0.0931 e. The van der Waals surface area contributed by atoms with Gasteiger partial charge in [0.1, 0.15) is 0 Å². The van der Waals surface area contributed by atoms with Gasteiger partial charge in [-0.2, -0.15) is 0 Å². The minimum Gasteiger partial charge on any atom is -0.393 e. The lowest BCUT2D eigenvalue weighted by Gasteiger charge is -2.15. The van der Waals surface area contributed by atoms with E-state index in [1.54, 1.807) is 11.3 Å². The van der Waals surface area contributed by atoms with Crippen LogP contribution >= 0.6 is 22.9 Å². The van der Waals surface area contributed by atoms with Crippen molar-refractivity contribution < 1.29 is 5.11 Å². The molecule has 1 heterocycles. The van der Waals surface area contributed by atoms with Crippen LogP contribution in [0.5, 0.6) is 0 Å². The Labute approximate surface area is 87.4 Å². The number of thiophene rings is 1. The molecule has 1 saturated carbocycles. The summed E-state index contributed by atoms with van der Waals surface area (Å²) in [6, 6.07) is 4.03. The van der Waals surface area contributed by atoms with E-state index in [9.17, 15) is 5.11 Å². The van der Waals surface area contributed by atoms with Crippen molar-refractivity contribution in [1.82, 2.24) is 0 Å². The number of rotatable bonds is 1. The molecule has 0 amide bonds. The van der Waals surface area contributed by atoms with Crippen LogP contribution < -0.4 is 0 Å². The van der Waals surface area contributed by atoms with Crippen molar-refractivity contribution in [3.8, 4) is 0 Å².